The Hall–Kier alpha value is -0.690. The summed E-state index contributed by atoms with van der Waals surface area (Å²) in [5, 5.41) is 0. The summed E-state index contributed by atoms with van der Waals surface area (Å²) in [5.74, 6) is 0. The van der Waals surface area contributed by atoms with Crippen molar-refractivity contribution in [3.8, 4) is 11.1 Å². The topological polar surface area (TPSA) is 0 Å². The number of rotatable bonds is 0. The summed E-state index contributed by atoms with van der Waals surface area (Å²) >= 11 is 1.13. The Morgan fingerprint density at radius 2 is 1.50 bits per heavy atom. The van der Waals surface area contributed by atoms with E-state index in [2.05, 4.69) is 71.9 Å². The summed E-state index contributed by atoms with van der Waals surface area (Å²) in [6.45, 7) is 13.9. The molecule has 0 unspecified atom stereocenters. The average Bonchev–Trinajstić information content (AvgIpc) is 2.75. The SMILES string of the molecule is CC(C)(C)c1c[c]([Hf])c2c(c1)-c1cccc(C(C)(C)C)c1C2. The van der Waals surface area contributed by atoms with Gasteiger partial charge in [0.25, 0.3) is 0 Å². The molecule has 0 heterocycles. The predicted octanol–water partition coefficient (Wildman–Crippen LogP) is 5.02. The van der Waals surface area contributed by atoms with Gasteiger partial charge in [-0.15, -0.1) is 0 Å². The maximum absolute atomic E-state index is 2.45. The predicted molar refractivity (Wildman–Crippen MR) is 91.7 cm³/mol. The average molecular weight is 456 g/mol. The van der Waals surface area contributed by atoms with Crippen molar-refractivity contribution in [1.29, 1.82) is 0 Å². The van der Waals surface area contributed by atoms with Crippen LogP contribution in [0.2, 0.25) is 0 Å². The van der Waals surface area contributed by atoms with Crippen molar-refractivity contribution < 1.29 is 24.4 Å². The maximum atomic E-state index is 2.45. The first-order chi connectivity index (χ1) is 10.1. The van der Waals surface area contributed by atoms with Crippen molar-refractivity contribution in [1.82, 2.24) is 0 Å². The van der Waals surface area contributed by atoms with Gasteiger partial charge >= 0.3 is 150 Å². The molecule has 0 atom stereocenters. The molecule has 113 valence electrons. The summed E-state index contributed by atoms with van der Waals surface area (Å²) in [6.07, 6.45) is 1.13. The second-order valence-electron chi connectivity index (χ2n) is 8.56. The third kappa shape index (κ3) is 2.66. The molecule has 0 aliphatic heterocycles. The summed E-state index contributed by atoms with van der Waals surface area (Å²) in [6, 6.07) is 11.8. The van der Waals surface area contributed by atoms with E-state index >= 15 is 0 Å². The molecule has 0 amide bonds. The van der Waals surface area contributed by atoms with Gasteiger partial charge in [0, 0.05) is 0 Å². The van der Waals surface area contributed by atoms with Crippen LogP contribution >= 0.6 is 0 Å². The summed E-state index contributed by atoms with van der Waals surface area (Å²) in [7, 11) is 0. The minimum absolute atomic E-state index is 0.214. The summed E-state index contributed by atoms with van der Waals surface area (Å²) < 4.78 is 1.58. The second kappa shape index (κ2) is 5.16. The second-order valence-corrected chi connectivity index (χ2v) is 10.5. The van der Waals surface area contributed by atoms with Crippen molar-refractivity contribution in [2.24, 2.45) is 0 Å². The van der Waals surface area contributed by atoms with E-state index in [4.69, 9.17) is 0 Å². The van der Waals surface area contributed by atoms with Gasteiger partial charge in [-0.05, 0) is 0 Å². The van der Waals surface area contributed by atoms with Crippen LogP contribution in [-0.4, -0.2) is 0 Å². The van der Waals surface area contributed by atoms with E-state index in [1.54, 1.807) is 14.4 Å². The fourth-order valence-corrected chi connectivity index (χ4v) is 4.80. The van der Waals surface area contributed by atoms with Gasteiger partial charge in [0.15, 0.2) is 0 Å². The van der Waals surface area contributed by atoms with E-state index in [-0.39, 0.29) is 10.8 Å². The van der Waals surface area contributed by atoms with Crippen molar-refractivity contribution in [3.05, 3.63) is 52.6 Å². The molecule has 1 aliphatic carbocycles. The van der Waals surface area contributed by atoms with Crippen molar-refractivity contribution in [2.45, 2.75) is 58.8 Å². The fourth-order valence-electron chi connectivity index (χ4n) is 3.44. The monoisotopic (exact) mass is 457 g/mol. The van der Waals surface area contributed by atoms with Gasteiger partial charge < -0.3 is 0 Å². The molecule has 2 aromatic carbocycles. The Bertz CT molecular complexity index is 740. The molecule has 0 aromatic heterocycles. The van der Waals surface area contributed by atoms with Crippen molar-refractivity contribution in [2.75, 3.05) is 0 Å². The molecule has 0 spiro atoms. The van der Waals surface area contributed by atoms with Crippen LogP contribution in [0.4, 0.5) is 0 Å². The molecule has 3 rings (SSSR count). The third-order valence-electron chi connectivity index (χ3n) is 4.74. The molecular weight excluding hydrogens is 431 g/mol. The zero-order valence-corrected chi connectivity index (χ0v) is 18.2. The van der Waals surface area contributed by atoms with E-state index in [0.717, 1.165) is 30.8 Å². The zero-order chi connectivity index (χ0) is 16.3. The van der Waals surface area contributed by atoms with Crippen LogP contribution in [0.3, 0.4) is 0 Å². The van der Waals surface area contributed by atoms with Crippen molar-refractivity contribution >= 4 is 3.32 Å². The number of hydrogen-bond acceptors (Lipinski definition) is 0. The van der Waals surface area contributed by atoms with Crippen LogP contribution in [0.1, 0.15) is 63.8 Å². The first kappa shape index (κ1) is 16.2. The van der Waals surface area contributed by atoms with Gasteiger partial charge in [-0.1, -0.05) is 0 Å². The Morgan fingerprint density at radius 1 is 0.818 bits per heavy atom. The summed E-state index contributed by atoms with van der Waals surface area (Å²) in [4.78, 5) is 0. The van der Waals surface area contributed by atoms with Gasteiger partial charge in [0.2, 0.25) is 0 Å². The molecule has 0 saturated carbocycles. The normalized spacial score (nSPS) is 13.9. The standard InChI is InChI=1S/C21H25.Hf/c1-20(2,3)15-11-10-14-12-18-16(17(14)13-15)8-7-9-19(18)21(4,5)6;/h7-9,11,13H,12H2,1-6H3;. The molecule has 1 heteroatoms. The first-order valence-electron chi connectivity index (χ1n) is 8.11. The number of fused-ring (bicyclic) bond motifs is 3. The van der Waals surface area contributed by atoms with Crippen LogP contribution in [0.15, 0.2) is 30.3 Å². The Labute approximate surface area is 149 Å². The van der Waals surface area contributed by atoms with E-state index in [1.807, 2.05) is 0 Å². The van der Waals surface area contributed by atoms with Crippen LogP contribution in [0.25, 0.3) is 11.1 Å². The first-order valence-corrected chi connectivity index (χ1v) is 9.90. The Balaban J connectivity index is 2.24. The minimum atomic E-state index is 0.214. The van der Waals surface area contributed by atoms with Gasteiger partial charge in [0.05, 0.1) is 0 Å². The number of benzene rings is 2. The van der Waals surface area contributed by atoms with Crippen LogP contribution in [0, 0.1) is 0 Å². The molecular formula is C21H25Hf. The van der Waals surface area contributed by atoms with E-state index in [0.29, 0.717) is 0 Å². The quantitative estimate of drug-likeness (QED) is 0.417. The van der Waals surface area contributed by atoms with Gasteiger partial charge in [-0.2, -0.15) is 0 Å². The molecule has 1 aliphatic rings. The van der Waals surface area contributed by atoms with Gasteiger partial charge in [-0.25, -0.2) is 0 Å². The van der Waals surface area contributed by atoms with Crippen molar-refractivity contribution in [3.63, 3.8) is 0 Å². The van der Waals surface area contributed by atoms with E-state index in [1.165, 1.54) is 22.3 Å². The van der Waals surface area contributed by atoms with Gasteiger partial charge in [-0.3, -0.25) is 0 Å². The third-order valence-corrected chi connectivity index (χ3v) is 6.35. The molecule has 22 heavy (non-hydrogen) atoms. The molecule has 0 saturated heterocycles. The molecule has 0 bridgehead atoms. The molecule has 0 fully saturated rings. The molecule has 0 N–H and O–H groups in total. The van der Waals surface area contributed by atoms with Crippen LogP contribution in [-0.2, 0) is 41.6 Å². The Kier molecular flexibility index (Phi) is 3.79. The van der Waals surface area contributed by atoms with Crippen LogP contribution < -0.4 is 3.32 Å². The molecule has 0 nitrogen and oxygen atoms in total. The molecule has 2 aromatic rings. The van der Waals surface area contributed by atoms with Crippen LogP contribution in [0.5, 0.6) is 0 Å². The van der Waals surface area contributed by atoms with Gasteiger partial charge in [0.1, 0.15) is 0 Å². The van der Waals surface area contributed by atoms with E-state index in [9.17, 15) is 0 Å². The fraction of sp³-hybridized carbons (Fsp3) is 0.429. The molecule has 0 radical (unpaired) electrons. The zero-order valence-electron chi connectivity index (χ0n) is 14.6. The van der Waals surface area contributed by atoms with E-state index < -0.39 is 0 Å². The Morgan fingerprint density at radius 3 is 2.09 bits per heavy atom. The number of hydrogen-bond donors (Lipinski definition) is 0. The summed E-state index contributed by atoms with van der Waals surface area (Å²) in [5.41, 5.74) is 9.55.